The lowest BCUT2D eigenvalue weighted by Gasteiger charge is -2.14. The van der Waals surface area contributed by atoms with Crippen LogP contribution in [0.15, 0.2) is 36.5 Å². The number of rotatable bonds is 19. The summed E-state index contributed by atoms with van der Waals surface area (Å²) in [6, 6.07) is -1.01. The van der Waals surface area contributed by atoms with Gasteiger partial charge >= 0.3 is 11.9 Å². The van der Waals surface area contributed by atoms with E-state index < -0.39 is 18.0 Å². The van der Waals surface area contributed by atoms with Crippen molar-refractivity contribution in [3.8, 4) is 0 Å². The van der Waals surface area contributed by atoms with E-state index in [4.69, 9.17) is 10.2 Å². The molecule has 0 rings (SSSR count). The summed E-state index contributed by atoms with van der Waals surface area (Å²) in [5, 5.41) is 20.2. The highest BCUT2D eigenvalue weighted by atomic mass is 16.4. The van der Waals surface area contributed by atoms with Crippen LogP contribution in [0.25, 0.3) is 0 Å². The van der Waals surface area contributed by atoms with Gasteiger partial charge in [-0.25, -0.2) is 4.79 Å². The van der Waals surface area contributed by atoms with E-state index in [-0.39, 0.29) is 25.2 Å². The Hall–Kier alpha value is -2.37. The van der Waals surface area contributed by atoms with E-state index in [0.717, 1.165) is 57.8 Å². The average molecular weight is 422 g/mol. The van der Waals surface area contributed by atoms with E-state index >= 15 is 0 Å². The Morgan fingerprint density at radius 3 is 2.00 bits per heavy atom. The molecule has 0 unspecified atom stereocenters. The molecule has 30 heavy (non-hydrogen) atoms. The van der Waals surface area contributed by atoms with Crippen LogP contribution in [0.5, 0.6) is 0 Å². The van der Waals surface area contributed by atoms with Crippen molar-refractivity contribution < 1.29 is 24.6 Å². The molecule has 0 heterocycles. The lowest BCUT2D eigenvalue weighted by atomic mass is 10.1. The van der Waals surface area contributed by atoms with Crippen molar-refractivity contribution in [3.63, 3.8) is 0 Å². The number of carboxylic acid groups (broad SMARTS) is 2. The van der Waals surface area contributed by atoms with Crippen LogP contribution < -0.4 is 5.32 Å². The summed E-state index contributed by atoms with van der Waals surface area (Å²) in [6.07, 6.45) is 22.8. The Kier molecular flexibility index (Phi) is 18.4. The van der Waals surface area contributed by atoms with E-state index in [2.05, 4.69) is 48.7 Å². The van der Waals surface area contributed by atoms with Crippen LogP contribution in [-0.2, 0) is 14.4 Å². The molecule has 0 saturated heterocycles. The molecule has 0 aliphatic rings. The third kappa shape index (κ3) is 19.0. The number of nitrogens with one attached hydrogen (secondary N) is 1. The molecule has 0 fully saturated rings. The fraction of sp³-hybridized carbons (Fsp3) is 0.625. The summed E-state index contributed by atoms with van der Waals surface area (Å²) in [4.78, 5) is 33.5. The molecule has 0 aliphatic carbocycles. The van der Waals surface area contributed by atoms with Gasteiger partial charge in [0.05, 0.1) is 0 Å². The van der Waals surface area contributed by atoms with Crippen LogP contribution in [0, 0.1) is 0 Å². The van der Waals surface area contributed by atoms with Gasteiger partial charge in [-0.2, -0.15) is 0 Å². The normalized spacial score (nSPS) is 12.7. The van der Waals surface area contributed by atoms with Crippen molar-refractivity contribution in [3.05, 3.63) is 36.5 Å². The van der Waals surface area contributed by atoms with E-state index in [1.54, 1.807) is 0 Å². The van der Waals surface area contributed by atoms with Gasteiger partial charge in [0.1, 0.15) is 6.04 Å². The maximum absolute atomic E-state index is 11.9. The molecule has 0 saturated carbocycles. The molecule has 0 aromatic rings. The fourth-order valence-electron chi connectivity index (χ4n) is 2.89. The topological polar surface area (TPSA) is 104 Å². The smallest absolute Gasteiger partial charge is 0.326 e. The van der Waals surface area contributed by atoms with Crippen molar-refractivity contribution in [2.45, 2.75) is 96.4 Å². The number of hydrogen-bond acceptors (Lipinski definition) is 3. The zero-order valence-corrected chi connectivity index (χ0v) is 18.4. The number of amides is 1. The van der Waals surface area contributed by atoms with Gasteiger partial charge in [-0.3, -0.25) is 9.59 Å². The van der Waals surface area contributed by atoms with E-state index in [1.165, 1.54) is 0 Å². The third-order valence-electron chi connectivity index (χ3n) is 4.57. The lowest BCUT2D eigenvalue weighted by Crippen LogP contribution is -2.40. The van der Waals surface area contributed by atoms with Crippen molar-refractivity contribution >= 4 is 17.8 Å². The highest BCUT2D eigenvalue weighted by Gasteiger charge is 2.19. The van der Waals surface area contributed by atoms with Gasteiger partial charge < -0.3 is 15.5 Å². The lowest BCUT2D eigenvalue weighted by molar-refractivity contribution is -0.142. The van der Waals surface area contributed by atoms with Crippen molar-refractivity contribution in [1.82, 2.24) is 5.32 Å². The Balaban J connectivity index is 3.67. The first-order valence-corrected chi connectivity index (χ1v) is 11.2. The van der Waals surface area contributed by atoms with Crippen molar-refractivity contribution in [2.75, 3.05) is 0 Å². The fourth-order valence-corrected chi connectivity index (χ4v) is 2.89. The number of carbonyl (C=O) groups is 3. The molecular formula is C24H39NO5. The first kappa shape index (κ1) is 27.6. The molecule has 6 nitrogen and oxygen atoms in total. The summed E-state index contributed by atoms with van der Waals surface area (Å²) in [7, 11) is 0. The molecule has 1 atom stereocenters. The summed E-state index contributed by atoms with van der Waals surface area (Å²) >= 11 is 0. The monoisotopic (exact) mass is 421 g/mol. The van der Waals surface area contributed by atoms with Crippen LogP contribution in [0.2, 0.25) is 0 Å². The quantitative estimate of drug-likeness (QED) is 0.191. The first-order valence-electron chi connectivity index (χ1n) is 11.2. The molecule has 0 aromatic heterocycles. The molecule has 6 heteroatoms. The highest BCUT2D eigenvalue weighted by Crippen LogP contribution is 2.09. The van der Waals surface area contributed by atoms with Gasteiger partial charge in [0.15, 0.2) is 0 Å². The van der Waals surface area contributed by atoms with Crippen LogP contribution in [-0.4, -0.2) is 34.1 Å². The SMILES string of the molecule is CC/C=C\C/C=C\C/C=C\CCCCCCCC(=O)N[C@H](CCCC(=O)O)C(=O)O. The minimum absolute atomic E-state index is 0.0951. The minimum Gasteiger partial charge on any atom is -0.481 e. The summed E-state index contributed by atoms with van der Waals surface area (Å²) in [5.41, 5.74) is 0. The number of aliphatic carboxylic acids is 2. The molecule has 1 amide bonds. The predicted octanol–water partition coefficient (Wildman–Crippen LogP) is 5.40. The molecule has 0 bridgehead atoms. The molecule has 0 radical (unpaired) electrons. The maximum Gasteiger partial charge on any atom is 0.326 e. The van der Waals surface area contributed by atoms with Gasteiger partial charge in [0.25, 0.3) is 0 Å². The van der Waals surface area contributed by atoms with E-state index in [1.807, 2.05) is 0 Å². The van der Waals surface area contributed by atoms with E-state index in [9.17, 15) is 14.4 Å². The Bertz CT molecular complexity index is 566. The molecule has 0 aliphatic heterocycles. The summed E-state index contributed by atoms with van der Waals surface area (Å²) in [6.45, 7) is 2.13. The molecule has 170 valence electrons. The van der Waals surface area contributed by atoms with Crippen LogP contribution in [0.3, 0.4) is 0 Å². The van der Waals surface area contributed by atoms with Gasteiger partial charge in [0, 0.05) is 12.8 Å². The Morgan fingerprint density at radius 1 is 0.767 bits per heavy atom. The van der Waals surface area contributed by atoms with Crippen LogP contribution in [0.4, 0.5) is 0 Å². The second-order valence-electron chi connectivity index (χ2n) is 7.34. The highest BCUT2D eigenvalue weighted by molar-refractivity contribution is 5.83. The average Bonchev–Trinajstić information content (AvgIpc) is 2.69. The van der Waals surface area contributed by atoms with Crippen molar-refractivity contribution in [2.24, 2.45) is 0 Å². The largest absolute Gasteiger partial charge is 0.481 e. The van der Waals surface area contributed by atoms with Gasteiger partial charge in [-0.05, 0) is 51.4 Å². The second-order valence-corrected chi connectivity index (χ2v) is 7.34. The number of unbranched alkanes of at least 4 members (excludes halogenated alkanes) is 5. The van der Waals surface area contributed by atoms with Crippen molar-refractivity contribution in [1.29, 1.82) is 0 Å². The van der Waals surface area contributed by atoms with Gasteiger partial charge in [-0.1, -0.05) is 62.6 Å². The summed E-state index contributed by atoms with van der Waals surface area (Å²) in [5.74, 6) is -2.36. The van der Waals surface area contributed by atoms with Crippen LogP contribution in [0.1, 0.15) is 90.4 Å². The summed E-state index contributed by atoms with van der Waals surface area (Å²) < 4.78 is 0. The number of carboxylic acids is 2. The molecule has 3 N–H and O–H groups in total. The molecule has 0 aromatic carbocycles. The maximum atomic E-state index is 11.9. The predicted molar refractivity (Wildman–Crippen MR) is 120 cm³/mol. The Labute approximate surface area is 181 Å². The van der Waals surface area contributed by atoms with E-state index in [0.29, 0.717) is 6.42 Å². The Morgan fingerprint density at radius 2 is 1.37 bits per heavy atom. The number of allylic oxidation sites excluding steroid dienone is 6. The van der Waals surface area contributed by atoms with Gasteiger partial charge in [0.2, 0.25) is 5.91 Å². The molecular weight excluding hydrogens is 382 g/mol. The second kappa shape index (κ2) is 19.9. The zero-order valence-electron chi connectivity index (χ0n) is 18.4. The first-order chi connectivity index (χ1) is 14.5. The zero-order chi connectivity index (χ0) is 22.5. The number of hydrogen-bond donors (Lipinski definition) is 3. The number of carbonyl (C=O) groups excluding carboxylic acids is 1. The standard InChI is InChI=1S/C24H39NO5/c1-2-3-4-5-6-7-8-9-10-11-12-13-14-15-16-19-22(26)25-21(24(29)30)18-17-20-23(27)28/h3-4,6-7,9-10,21H,2,5,8,11-20H2,1H3,(H,25,26)(H,27,28)(H,29,30)/b4-3-,7-6-,10-9-/t21-/m1/s1. The van der Waals surface area contributed by atoms with Gasteiger partial charge in [-0.15, -0.1) is 0 Å². The third-order valence-corrected chi connectivity index (χ3v) is 4.57. The minimum atomic E-state index is -1.12. The molecule has 0 spiro atoms. The van der Waals surface area contributed by atoms with Crippen LogP contribution >= 0.6 is 0 Å².